The number of hydrogen-bond acceptors (Lipinski definition) is 6. The summed E-state index contributed by atoms with van der Waals surface area (Å²) in [6.07, 6.45) is -0.133. The lowest BCUT2D eigenvalue weighted by molar-refractivity contribution is -0.139. The molecule has 38 heavy (non-hydrogen) atoms. The van der Waals surface area contributed by atoms with E-state index in [1.54, 1.807) is 30.3 Å². The maximum atomic E-state index is 13.6. The molecule has 0 aliphatic rings. The Kier molecular flexibility index (Phi) is 9.49. The van der Waals surface area contributed by atoms with Gasteiger partial charge in [-0.05, 0) is 54.0 Å². The van der Waals surface area contributed by atoms with Crippen molar-refractivity contribution in [1.82, 2.24) is 15.1 Å². The van der Waals surface area contributed by atoms with Crippen molar-refractivity contribution in [1.29, 1.82) is 5.26 Å². The third-order valence-electron chi connectivity index (χ3n) is 5.76. The average Bonchev–Trinajstić information content (AvgIpc) is 3.26. The SMILES string of the molecule is CC(C)c1c(C(=O)NCc2ccc(C#N)cc2)nn(-c2ccc(F)cc2)c1C=C[C@H](O)C[C@@H](O)CC(=O)O. The van der Waals surface area contributed by atoms with Crippen LogP contribution in [0.3, 0.4) is 0 Å². The summed E-state index contributed by atoms with van der Waals surface area (Å²) in [5, 5.41) is 45.4. The number of amides is 1. The fourth-order valence-electron chi connectivity index (χ4n) is 3.93. The fourth-order valence-corrected chi connectivity index (χ4v) is 3.93. The number of carbonyl (C=O) groups excluding carboxylic acids is 1. The summed E-state index contributed by atoms with van der Waals surface area (Å²) >= 11 is 0. The van der Waals surface area contributed by atoms with Crippen LogP contribution in [0.15, 0.2) is 54.6 Å². The molecule has 0 bridgehead atoms. The van der Waals surface area contributed by atoms with Gasteiger partial charge in [-0.15, -0.1) is 0 Å². The highest BCUT2D eigenvalue weighted by Gasteiger charge is 2.25. The number of nitrogens with zero attached hydrogens (tertiary/aromatic N) is 3. The van der Waals surface area contributed by atoms with Gasteiger partial charge in [-0.25, -0.2) is 9.07 Å². The number of rotatable bonds is 11. The topological polar surface area (TPSA) is 148 Å². The number of nitrogens with one attached hydrogen (secondary N) is 1. The van der Waals surface area contributed by atoms with Gasteiger partial charge in [0.1, 0.15) is 5.82 Å². The van der Waals surface area contributed by atoms with Crippen molar-refractivity contribution >= 4 is 18.0 Å². The van der Waals surface area contributed by atoms with Crippen molar-refractivity contribution in [3.8, 4) is 11.8 Å². The van der Waals surface area contributed by atoms with Gasteiger partial charge in [0.25, 0.3) is 5.91 Å². The quantitative estimate of drug-likeness (QED) is 0.302. The molecule has 2 atom stereocenters. The number of carboxylic acid groups (broad SMARTS) is 1. The third kappa shape index (κ3) is 7.35. The van der Waals surface area contributed by atoms with Crippen LogP contribution in [0.4, 0.5) is 4.39 Å². The van der Waals surface area contributed by atoms with E-state index in [0.717, 1.165) is 5.56 Å². The van der Waals surface area contributed by atoms with Gasteiger partial charge >= 0.3 is 5.97 Å². The largest absolute Gasteiger partial charge is 0.481 e. The molecule has 0 saturated carbocycles. The van der Waals surface area contributed by atoms with Crippen molar-refractivity contribution in [3.63, 3.8) is 0 Å². The lowest BCUT2D eigenvalue weighted by Gasteiger charge is -2.12. The summed E-state index contributed by atoms with van der Waals surface area (Å²) in [5.41, 5.74) is 3.00. The Labute approximate surface area is 219 Å². The maximum Gasteiger partial charge on any atom is 0.305 e. The standard InChI is InChI=1S/C28H29FN4O5/c1-17(2)26-24(12-11-22(34)13-23(35)14-25(36)37)33(21-9-7-20(29)8-10-21)32-27(26)28(38)31-16-19-5-3-18(15-30)4-6-19/h3-12,17,22-23,34-35H,13-14,16H2,1-2H3,(H,31,38)(H,36,37)/t22-,23+/m0/s1. The molecule has 10 heteroatoms. The van der Waals surface area contributed by atoms with Gasteiger partial charge in [-0.1, -0.05) is 32.1 Å². The fraction of sp³-hybridized carbons (Fsp3) is 0.286. The molecule has 198 valence electrons. The smallest absolute Gasteiger partial charge is 0.305 e. The summed E-state index contributed by atoms with van der Waals surface area (Å²) in [4.78, 5) is 24.0. The number of aliphatic hydroxyl groups is 2. The highest BCUT2D eigenvalue weighted by Crippen LogP contribution is 2.28. The van der Waals surface area contributed by atoms with E-state index in [9.17, 15) is 24.2 Å². The third-order valence-corrected chi connectivity index (χ3v) is 5.76. The van der Waals surface area contributed by atoms with Crippen LogP contribution in [0.5, 0.6) is 0 Å². The first kappa shape index (κ1) is 28.2. The number of benzene rings is 2. The zero-order valence-corrected chi connectivity index (χ0v) is 21.0. The van der Waals surface area contributed by atoms with E-state index in [0.29, 0.717) is 22.5 Å². The molecule has 0 aliphatic carbocycles. The number of hydrogen-bond donors (Lipinski definition) is 4. The van der Waals surface area contributed by atoms with Crippen molar-refractivity contribution in [3.05, 3.63) is 88.5 Å². The molecule has 0 spiro atoms. The van der Waals surface area contributed by atoms with Crippen molar-refractivity contribution in [2.75, 3.05) is 0 Å². The first-order valence-electron chi connectivity index (χ1n) is 12.0. The highest BCUT2D eigenvalue weighted by atomic mass is 19.1. The molecule has 3 aromatic rings. The van der Waals surface area contributed by atoms with Crippen LogP contribution in [-0.2, 0) is 11.3 Å². The number of carboxylic acids is 1. The zero-order valence-electron chi connectivity index (χ0n) is 21.0. The molecule has 0 aliphatic heterocycles. The molecule has 0 saturated heterocycles. The van der Waals surface area contributed by atoms with E-state index in [-0.39, 0.29) is 24.6 Å². The summed E-state index contributed by atoms with van der Waals surface area (Å²) in [6.45, 7) is 3.97. The molecule has 1 aromatic heterocycles. The van der Waals surface area contributed by atoms with Crippen LogP contribution in [0, 0.1) is 17.1 Å². The Morgan fingerprint density at radius 1 is 1.13 bits per heavy atom. The molecule has 2 aromatic carbocycles. The molecule has 1 heterocycles. The number of aromatic nitrogens is 2. The summed E-state index contributed by atoms with van der Waals surface area (Å²) < 4.78 is 15.1. The van der Waals surface area contributed by atoms with Crippen molar-refractivity contribution < 1.29 is 29.3 Å². The number of aliphatic carboxylic acids is 1. The second kappa shape index (κ2) is 12.8. The Morgan fingerprint density at radius 2 is 1.79 bits per heavy atom. The van der Waals surface area contributed by atoms with Gasteiger partial charge in [-0.2, -0.15) is 10.4 Å². The Hall–Kier alpha value is -4.33. The van der Waals surface area contributed by atoms with Gasteiger partial charge in [0.15, 0.2) is 5.69 Å². The lowest BCUT2D eigenvalue weighted by atomic mass is 9.98. The Morgan fingerprint density at radius 3 is 2.37 bits per heavy atom. The normalized spacial score (nSPS) is 12.9. The molecule has 0 unspecified atom stereocenters. The van der Waals surface area contributed by atoms with Gasteiger partial charge in [0.2, 0.25) is 0 Å². The summed E-state index contributed by atoms with van der Waals surface area (Å²) in [6, 6.07) is 14.4. The first-order chi connectivity index (χ1) is 18.1. The monoisotopic (exact) mass is 520 g/mol. The summed E-state index contributed by atoms with van der Waals surface area (Å²) in [7, 11) is 0. The van der Waals surface area contributed by atoms with E-state index >= 15 is 0 Å². The number of aliphatic hydroxyl groups excluding tert-OH is 2. The second-order valence-electron chi connectivity index (χ2n) is 9.10. The molecule has 0 radical (unpaired) electrons. The Balaban J connectivity index is 1.96. The van der Waals surface area contributed by atoms with Crippen molar-refractivity contribution in [2.45, 2.75) is 51.4 Å². The van der Waals surface area contributed by atoms with E-state index in [1.807, 2.05) is 19.9 Å². The number of halogens is 1. The van der Waals surface area contributed by atoms with E-state index in [4.69, 9.17) is 10.4 Å². The van der Waals surface area contributed by atoms with Gasteiger partial charge in [0.05, 0.1) is 41.6 Å². The van der Waals surface area contributed by atoms with Gasteiger partial charge < -0.3 is 20.6 Å². The van der Waals surface area contributed by atoms with Gasteiger partial charge in [-0.3, -0.25) is 9.59 Å². The molecule has 1 amide bonds. The van der Waals surface area contributed by atoms with Crippen LogP contribution in [0.1, 0.15) is 65.5 Å². The number of nitriles is 1. The molecule has 9 nitrogen and oxygen atoms in total. The van der Waals surface area contributed by atoms with E-state index < -0.39 is 36.3 Å². The van der Waals surface area contributed by atoms with Crippen LogP contribution in [-0.4, -0.2) is 49.2 Å². The molecule has 4 N–H and O–H groups in total. The highest BCUT2D eigenvalue weighted by molar-refractivity contribution is 5.95. The van der Waals surface area contributed by atoms with E-state index in [1.165, 1.54) is 35.0 Å². The average molecular weight is 521 g/mol. The van der Waals surface area contributed by atoms with Crippen LogP contribution in [0.25, 0.3) is 11.8 Å². The lowest BCUT2D eigenvalue weighted by Crippen LogP contribution is -2.24. The minimum atomic E-state index is -1.23. The maximum absolute atomic E-state index is 13.6. The van der Waals surface area contributed by atoms with Crippen LogP contribution >= 0.6 is 0 Å². The van der Waals surface area contributed by atoms with E-state index in [2.05, 4.69) is 10.4 Å². The van der Waals surface area contributed by atoms with Crippen LogP contribution in [0.2, 0.25) is 0 Å². The second-order valence-corrected chi connectivity index (χ2v) is 9.10. The molecule has 3 rings (SSSR count). The van der Waals surface area contributed by atoms with Crippen LogP contribution < -0.4 is 5.32 Å². The first-order valence-corrected chi connectivity index (χ1v) is 12.0. The predicted molar refractivity (Wildman–Crippen MR) is 138 cm³/mol. The van der Waals surface area contributed by atoms with Gasteiger partial charge in [0, 0.05) is 18.5 Å². The number of carbonyl (C=O) groups is 2. The Bertz CT molecular complexity index is 1340. The molecular weight excluding hydrogens is 491 g/mol. The minimum Gasteiger partial charge on any atom is -0.481 e. The molecule has 0 fully saturated rings. The van der Waals surface area contributed by atoms with Crippen molar-refractivity contribution in [2.24, 2.45) is 0 Å². The zero-order chi connectivity index (χ0) is 27.8. The minimum absolute atomic E-state index is 0.151. The summed E-state index contributed by atoms with van der Waals surface area (Å²) in [5.74, 6) is -2.23. The molecular formula is C28H29FN4O5. The predicted octanol–water partition coefficient (Wildman–Crippen LogP) is 3.54.